The normalized spacial score (nSPS) is 11.7. The van der Waals surface area contributed by atoms with Crippen molar-refractivity contribution in [3.63, 3.8) is 0 Å². The van der Waals surface area contributed by atoms with Crippen molar-refractivity contribution in [2.24, 2.45) is 5.10 Å². The highest BCUT2D eigenvalue weighted by molar-refractivity contribution is 9.10. The molecule has 0 fully saturated rings. The summed E-state index contributed by atoms with van der Waals surface area (Å²) >= 11 is 9.58. The fourth-order valence-electron chi connectivity index (χ4n) is 3.15. The Morgan fingerprint density at radius 1 is 1.31 bits per heavy atom. The lowest BCUT2D eigenvalue weighted by Gasteiger charge is -2.20. The first-order chi connectivity index (χ1) is 16.4. The summed E-state index contributed by atoms with van der Waals surface area (Å²) < 4.78 is 11.9. The number of carbonyl (C=O) groups is 1. The lowest BCUT2D eigenvalue weighted by molar-refractivity contribution is -0.385. The number of nitro groups is 1. The van der Waals surface area contributed by atoms with Gasteiger partial charge < -0.3 is 9.47 Å². The highest BCUT2D eigenvalue weighted by Gasteiger charge is 2.24. The average Bonchev–Trinajstić information content (AvgIpc) is 2.77. The molecule has 0 radical (unpaired) electrons. The molecule has 0 atom stereocenters. The van der Waals surface area contributed by atoms with Gasteiger partial charge in [-0.2, -0.15) is 9.78 Å². The number of rotatable bonds is 7. The summed E-state index contributed by atoms with van der Waals surface area (Å²) in [5.41, 5.74) is -0.631. The van der Waals surface area contributed by atoms with Crippen molar-refractivity contribution in [1.29, 1.82) is 0 Å². The van der Waals surface area contributed by atoms with E-state index in [4.69, 9.17) is 21.1 Å². The average molecular weight is 566 g/mol. The largest absolute Gasteiger partial charge is 0.474 e. The Morgan fingerprint density at radius 2 is 2.03 bits per heavy atom. The first-order valence-corrected chi connectivity index (χ1v) is 11.6. The lowest BCUT2D eigenvalue weighted by atomic mass is 9.95. The molecule has 12 heteroatoms. The zero-order valence-corrected chi connectivity index (χ0v) is 21.7. The number of hydrogen-bond donors (Lipinski definition) is 0. The van der Waals surface area contributed by atoms with Gasteiger partial charge in [0.05, 0.1) is 33.7 Å². The van der Waals surface area contributed by atoms with Crippen molar-refractivity contribution in [3.05, 3.63) is 71.7 Å². The number of hydrogen-bond acceptors (Lipinski definition) is 8. The summed E-state index contributed by atoms with van der Waals surface area (Å²) in [7, 11) is 0. The number of carbonyl (C=O) groups excluding carboxylic acids is 1. The van der Waals surface area contributed by atoms with Gasteiger partial charge in [-0.15, -0.1) is 0 Å². The van der Waals surface area contributed by atoms with Gasteiger partial charge >= 0.3 is 11.7 Å². The number of benzene rings is 2. The molecule has 184 valence electrons. The van der Waals surface area contributed by atoms with E-state index < -0.39 is 34.2 Å². The van der Waals surface area contributed by atoms with Crippen LogP contribution in [-0.2, 0) is 14.9 Å². The summed E-state index contributed by atoms with van der Waals surface area (Å²) in [6.45, 7) is 6.91. The molecule has 0 aliphatic heterocycles. The van der Waals surface area contributed by atoms with E-state index in [9.17, 15) is 19.7 Å². The van der Waals surface area contributed by atoms with E-state index in [1.54, 1.807) is 25.1 Å². The molecule has 1 heterocycles. The van der Waals surface area contributed by atoms with Gasteiger partial charge in [0, 0.05) is 21.5 Å². The van der Waals surface area contributed by atoms with Gasteiger partial charge in [0.15, 0.2) is 6.61 Å². The predicted octanol–water partition coefficient (Wildman–Crippen LogP) is 4.84. The number of esters is 1. The van der Waals surface area contributed by atoms with Crippen molar-refractivity contribution in [2.75, 3.05) is 13.2 Å². The summed E-state index contributed by atoms with van der Waals surface area (Å²) in [5, 5.41) is 16.2. The molecule has 0 N–H and O–H groups in total. The van der Waals surface area contributed by atoms with Crippen LogP contribution in [0.25, 0.3) is 10.9 Å². The van der Waals surface area contributed by atoms with Crippen LogP contribution in [0.3, 0.4) is 0 Å². The Kier molecular flexibility index (Phi) is 7.91. The topological polar surface area (TPSA) is 126 Å². The van der Waals surface area contributed by atoms with E-state index in [2.05, 4.69) is 26.0 Å². The first-order valence-electron chi connectivity index (χ1n) is 10.5. The van der Waals surface area contributed by atoms with E-state index in [-0.39, 0.29) is 22.9 Å². The monoisotopic (exact) mass is 564 g/mol. The Morgan fingerprint density at radius 3 is 2.66 bits per heavy atom. The Balaban J connectivity index is 2.08. The van der Waals surface area contributed by atoms with Crippen LogP contribution in [0, 0.1) is 10.1 Å². The predicted molar refractivity (Wildman–Crippen MR) is 136 cm³/mol. The minimum atomic E-state index is -0.689. The highest BCUT2D eigenvalue weighted by Crippen LogP contribution is 2.36. The molecule has 2 aromatic carbocycles. The smallest absolute Gasteiger partial charge is 0.344 e. The van der Waals surface area contributed by atoms with Crippen LogP contribution >= 0.6 is 27.5 Å². The molecule has 3 rings (SSSR count). The molecule has 0 amide bonds. The van der Waals surface area contributed by atoms with Crippen LogP contribution in [0.4, 0.5) is 5.69 Å². The van der Waals surface area contributed by atoms with Gasteiger partial charge in [-0.1, -0.05) is 48.3 Å². The molecule has 10 nitrogen and oxygen atoms in total. The molecule has 0 saturated carbocycles. The van der Waals surface area contributed by atoms with Crippen LogP contribution in [0.2, 0.25) is 5.02 Å². The fraction of sp³-hybridized carbons (Fsp3) is 0.304. The molecule has 0 unspecified atom stereocenters. The standard InChI is InChI=1S/C23H22BrClN4O6/c1-5-34-19(30)12-35-20-16(25)8-13(9-18(20)29(32)33)11-26-28-21(31)15-10-14(24)6-7-17(15)27-22(28)23(2,3)4/h6-11H,5,12H2,1-4H3. The fourth-order valence-corrected chi connectivity index (χ4v) is 3.79. The van der Waals surface area contributed by atoms with E-state index in [1.165, 1.54) is 23.0 Å². The number of ether oxygens (including phenoxy) is 2. The van der Waals surface area contributed by atoms with Crippen molar-refractivity contribution < 1.29 is 19.2 Å². The quantitative estimate of drug-likeness (QED) is 0.174. The molecular weight excluding hydrogens is 544 g/mol. The van der Waals surface area contributed by atoms with Crippen LogP contribution < -0.4 is 10.3 Å². The number of halogens is 2. The van der Waals surface area contributed by atoms with E-state index in [0.29, 0.717) is 21.2 Å². The molecule has 0 bridgehead atoms. The van der Waals surface area contributed by atoms with Crippen LogP contribution in [0.1, 0.15) is 39.1 Å². The zero-order chi connectivity index (χ0) is 25.9. The second-order valence-electron chi connectivity index (χ2n) is 8.41. The van der Waals surface area contributed by atoms with Crippen LogP contribution in [0.5, 0.6) is 5.75 Å². The molecule has 0 aliphatic carbocycles. The van der Waals surface area contributed by atoms with E-state index in [1.807, 2.05) is 20.8 Å². The SMILES string of the molecule is CCOC(=O)COc1c(Cl)cc(C=Nn2c(C(C)(C)C)nc3ccc(Br)cc3c2=O)cc1[N+](=O)[O-]. The summed E-state index contributed by atoms with van der Waals surface area (Å²) in [6, 6.07) is 7.75. The summed E-state index contributed by atoms with van der Waals surface area (Å²) in [4.78, 5) is 40.4. The maximum atomic E-state index is 13.3. The number of nitro benzene ring substituents is 1. The van der Waals surface area contributed by atoms with Gasteiger partial charge in [0.2, 0.25) is 5.75 Å². The zero-order valence-electron chi connectivity index (χ0n) is 19.4. The van der Waals surface area contributed by atoms with Crippen molar-refractivity contribution in [3.8, 4) is 5.75 Å². The van der Waals surface area contributed by atoms with Crippen molar-refractivity contribution in [1.82, 2.24) is 9.66 Å². The molecule has 1 aromatic heterocycles. The van der Waals surface area contributed by atoms with Crippen LogP contribution in [-0.4, -0.2) is 40.0 Å². The van der Waals surface area contributed by atoms with Crippen molar-refractivity contribution >= 4 is 56.3 Å². The summed E-state index contributed by atoms with van der Waals surface area (Å²) in [6.07, 6.45) is 1.27. The van der Waals surface area contributed by atoms with Gasteiger partial charge in [-0.3, -0.25) is 14.9 Å². The Hall–Kier alpha value is -3.31. The second-order valence-corrected chi connectivity index (χ2v) is 9.73. The molecule has 35 heavy (non-hydrogen) atoms. The number of fused-ring (bicyclic) bond motifs is 1. The Labute approximate surface area is 213 Å². The first kappa shape index (κ1) is 26.3. The third kappa shape index (κ3) is 6.04. The summed E-state index contributed by atoms with van der Waals surface area (Å²) in [5.74, 6) is -0.553. The maximum absolute atomic E-state index is 13.3. The highest BCUT2D eigenvalue weighted by atomic mass is 79.9. The Bertz CT molecular complexity index is 1400. The number of nitrogens with zero attached hydrogens (tertiary/aromatic N) is 4. The molecule has 0 aliphatic rings. The van der Waals surface area contributed by atoms with E-state index in [0.717, 1.165) is 0 Å². The molecular formula is C23H22BrClN4O6. The molecule has 3 aromatic rings. The van der Waals surface area contributed by atoms with E-state index >= 15 is 0 Å². The third-order valence-corrected chi connectivity index (χ3v) is 5.46. The van der Waals surface area contributed by atoms with Gasteiger partial charge in [0.1, 0.15) is 5.82 Å². The number of aromatic nitrogens is 2. The van der Waals surface area contributed by atoms with Crippen molar-refractivity contribution in [2.45, 2.75) is 33.1 Å². The minimum absolute atomic E-state index is 0.103. The van der Waals surface area contributed by atoms with Gasteiger partial charge in [-0.25, -0.2) is 9.78 Å². The second kappa shape index (κ2) is 10.5. The van der Waals surface area contributed by atoms with Crippen LogP contribution in [0.15, 0.2) is 44.7 Å². The lowest BCUT2D eigenvalue weighted by Crippen LogP contribution is -2.29. The van der Waals surface area contributed by atoms with Gasteiger partial charge in [-0.05, 0) is 31.2 Å². The maximum Gasteiger partial charge on any atom is 0.344 e. The molecule has 0 spiro atoms. The minimum Gasteiger partial charge on any atom is -0.474 e. The molecule has 0 saturated heterocycles. The third-order valence-electron chi connectivity index (χ3n) is 4.68. The van der Waals surface area contributed by atoms with Gasteiger partial charge in [0.25, 0.3) is 5.56 Å².